The molecule has 2 fully saturated rings. The number of Topliss-reactive ketones (excluding diaryl/α,β-unsaturated/α-hetero) is 1. The Balaban J connectivity index is 1.47. The van der Waals surface area contributed by atoms with Gasteiger partial charge in [0.15, 0.2) is 10.8 Å². The van der Waals surface area contributed by atoms with Crippen molar-refractivity contribution in [1.82, 2.24) is 4.90 Å². The van der Waals surface area contributed by atoms with E-state index in [0.717, 1.165) is 34.4 Å². The average Bonchev–Trinajstić information content (AvgIpc) is 3.72. The number of carbonyl (C=O) groups is 3. The first-order valence-electron chi connectivity index (χ1n) is 11.4. The van der Waals surface area contributed by atoms with Crippen molar-refractivity contribution in [3.8, 4) is 5.06 Å². The molecule has 2 aliphatic heterocycles. The number of carboxylic acids is 2. The molecule has 8 nitrogen and oxygen atoms in total. The lowest BCUT2D eigenvalue weighted by Crippen LogP contribution is -2.38. The van der Waals surface area contributed by atoms with Crippen molar-refractivity contribution in [3.05, 3.63) is 57.7 Å². The SMILES string of the molecule is CC1OC1Oc1cc2c(s1)CCN(C(C(=O)C1CC1)c1cc(C(=CC(=O)O)C(=O)O)ccc1F)C2. The second kappa shape index (κ2) is 9.18. The van der Waals surface area contributed by atoms with Crippen LogP contribution >= 0.6 is 11.3 Å². The summed E-state index contributed by atoms with van der Waals surface area (Å²) in [5.41, 5.74) is 0.625. The highest BCUT2D eigenvalue weighted by Crippen LogP contribution is 2.42. The minimum Gasteiger partial charge on any atom is -0.478 e. The number of aliphatic carboxylic acids is 2. The van der Waals surface area contributed by atoms with Crippen molar-refractivity contribution in [3.63, 3.8) is 0 Å². The first-order chi connectivity index (χ1) is 16.7. The van der Waals surface area contributed by atoms with Crippen molar-refractivity contribution in [2.24, 2.45) is 5.92 Å². The lowest BCUT2D eigenvalue weighted by atomic mass is 9.92. The molecule has 1 saturated heterocycles. The van der Waals surface area contributed by atoms with E-state index in [2.05, 4.69) is 0 Å². The number of epoxide rings is 1. The Morgan fingerprint density at radius 1 is 1.26 bits per heavy atom. The molecule has 3 heterocycles. The third kappa shape index (κ3) is 5.00. The molecule has 0 spiro atoms. The smallest absolute Gasteiger partial charge is 0.336 e. The van der Waals surface area contributed by atoms with Crippen LogP contribution < -0.4 is 4.74 Å². The molecule has 0 radical (unpaired) electrons. The van der Waals surface area contributed by atoms with Crippen molar-refractivity contribution in [2.75, 3.05) is 6.54 Å². The Morgan fingerprint density at radius 2 is 2.00 bits per heavy atom. The molecule has 1 aliphatic carbocycles. The van der Waals surface area contributed by atoms with Gasteiger partial charge < -0.3 is 19.7 Å². The fraction of sp³-hybridized carbons (Fsp3) is 0.400. The molecule has 2 N–H and O–H groups in total. The highest BCUT2D eigenvalue weighted by Gasteiger charge is 2.41. The molecule has 1 saturated carbocycles. The van der Waals surface area contributed by atoms with E-state index in [1.54, 1.807) is 11.3 Å². The first kappa shape index (κ1) is 23.7. The average molecular weight is 502 g/mol. The zero-order chi connectivity index (χ0) is 24.9. The molecule has 3 atom stereocenters. The summed E-state index contributed by atoms with van der Waals surface area (Å²) in [5.74, 6) is -3.77. The van der Waals surface area contributed by atoms with Crippen LogP contribution in [0, 0.1) is 11.7 Å². The number of carbonyl (C=O) groups excluding carboxylic acids is 1. The largest absolute Gasteiger partial charge is 0.478 e. The van der Waals surface area contributed by atoms with Crippen molar-refractivity contribution >= 4 is 34.6 Å². The maximum Gasteiger partial charge on any atom is 0.336 e. The van der Waals surface area contributed by atoms with Crippen molar-refractivity contribution in [1.29, 1.82) is 0 Å². The Hall–Kier alpha value is -3.08. The van der Waals surface area contributed by atoms with E-state index in [1.807, 2.05) is 17.9 Å². The van der Waals surface area contributed by atoms with Crippen LogP contribution in [0.2, 0.25) is 0 Å². The third-order valence-electron chi connectivity index (χ3n) is 6.48. The van der Waals surface area contributed by atoms with Gasteiger partial charge in [-0.3, -0.25) is 9.69 Å². The first-order valence-corrected chi connectivity index (χ1v) is 12.2. The van der Waals surface area contributed by atoms with Gasteiger partial charge in [-0.1, -0.05) is 6.07 Å². The summed E-state index contributed by atoms with van der Waals surface area (Å²) in [4.78, 5) is 39.3. The summed E-state index contributed by atoms with van der Waals surface area (Å²) in [6.45, 7) is 2.87. The number of fused-ring (bicyclic) bond motifs is 1. The zero-order valence-electron chi connectivity index (χ0n) is 18.9. The summed E-state index contributed by atoms with van der Waals surface area (Å²) < 4.78 is 26.3. The fourth-order valence-electron chi connectivity index (χ4n) is 4.44. The van der Waals surface area contributed by atoms with Crippen LogP contribution in [0.5, 0.6) is 5.06 Å². The van der Waals surface area contributed by atoms with E-state index in [-0.39, 0.29) is 35.2 Å². The second-order valence-electron chi connectivity index (χ2n) is 9.08. The summed E-state index contributed by atoms with van der Waals surface area (Å²) in [7, 11) is 0. The molecule has 3 aliphatic rings. The van der Waals surface area contributed by atoms with Crippen molar-refractivity contribution in [2.45, 2.75) is 51.2 Å². The number of halogens is 1. The van der Waals surface area contributed by atoms with Gasteiger partial charge in [0.2, 0.25) is 6.29 Å². The molecule has 5 rings (SSSR count). The number of rotatable bonds is 9. The number of nitrogens with zero attached hydrogens (tertiary/aromatic N) is 1. The molecule has 0 amide bonds. The molecule has 1 aromatic carbocycles. The van der Waals surface area contributed by atoms with Crippen LogP contribution in [-0.4, -0.2) is 51.8 Å². The topological polar surface area (TPSA) is 117 Å². The lowest BCUT2D eigenvalue weighted by molar-refractivity contribution is -0.133. The number of carboxylic acid groups (broad SMARTS) is 2. The molecule has 184 valence electrons. The quantitative estimate of drug-likeness (QED) is 0.395. The normalized spacial score (nSPS) is 22.9. The molecule has 10 heteroatoms. The number of ketones is 1. The van der Waals surface area contributed by atoms with E-state index in [4.69, 9.17) is 14.6 Å². The molecule has 3 unspecified atom stereocenters. The Morgan fingerprint density at radius 3 is 2.63 bits per heavy atom. The molecular weight excluding hydrogens is 477 g/mol. The summed E-state index contributed by atoms with van der Waals surface area (Å²) in [6.07, 6.45) is 2.54. The van der Waals surface area contributed by atoms with Crippen LogP contribution in [0.1, 0.15) is 47.4 Å². The van der Waals surface area contributed by atoms with Gasteiger partial charge in [-0.15, -0.1) is 11.3 Å². The molecule has 1 aromatic heterocycles. The fourth-order valence-corrected chi connectivity index (χ4v) is 5.48. The third-order valence-corrected chi connectivity index (χ3v) is 7.60. The summed E-state index contributed by atoms with van der Waals surface area (Å²) in [6, 6.07) is 4.65. The standard InChI is InChI=1S/C25H24FNO7S/c1-12-25(33-12)34-21-9-15-11-27(7-6-19(15)35-21)22(23(30)13-2-3-13)17-8-14(4-5-18(17)26)16(24(31)32)10-20(28)29/h4-5,8-10,12-13,22,25H,2-3,6-7,11H2,1H3,(H,28,29)(H,31,32). The highest BCUT2D eigenvalue weighted by molar-refractivity contribution is 7.14. The summed E-state index contributed by atoms with van der Waals surface area (Å²) in [5, 5.41) is 19.3. The van der Waals surface area contributed by atoms with E-state index < -0.39 is 29.4 Å². The Kier molecular flexibility index (Phi) is 6.20. The van der Waals surface area contributed by atoms with E-state index in [9.17, 15) is 19.5 Å². The van der Waals surface area contributed by atoms with Gasteiger partial charge in [-0.05, 0) is 55.5 Å². The van der Waals surface area contributed by atoms with Gasteiger partial charge in [0.05, 0.1) is 11.6 Å². The van der Waals surface area contributed by atoms with E-state index >= 15 is 4.39 Å². The van der Waals surface area contributed by atoms with Gasteiger partial charge >= 0.3 is 11.9 Å². The predicted octanol–water partition coefficient (Wildman–Crippen LogP) is 3.64. The van der Waals surface area contributed by atoms with Crippen LogP contribution in [0.25, 0.3) is 5.57 Å². The van der Waals surface area contributed by atoms with Gasteiger partial charge in [0, 0.05) is 35.5 Å². The van der Waals surface area contributed by atoms with Gasteiger partial charge in [-0.2, -0.15) is 0 Å². The highest BCUT2D eigenvalue weighted by atomic mass is 32.1. The second-order valence-corrected chi connectivity index (χ2v) is 10.2. The summed E-state index contributed by atoms with van der Waals surface area (Å²) >= 11 is 1.54. The molecule has 0 bridgehead atoms. The number of hydrogen-bond acceptors (Lipinski definition) is 7. The minimum absolute atomic E-state index is 0.0346. The van der Waals surface area contributed by atoms with Crippen LogP contribution in [-0.2, 0) is 32.1 Å². The monoisotopic (exact) mass is 501 g/mol. The predicted molar refractivity (Wildman–Crippen MR) is 124 cm³/mol. The van der Waals surface area contributed by atoms with Crippen molar-refractivity contribution < 1.29 is 38.5 Å². The van der Waals surface area contributed by atoms with Crippen LogP contribution in [0.15, 0.2) is 30.3 Å². The maximum absolute atomic E-state index is 15.1. The van der Waals surface area contributed by atoms with Gasteiger partial charge in [0.25, 0.3) is 0 Å². The maximum atomic E-state index is 15.1. The minimum atomic E-state index is -1.45. The van der Waals surface area contributed by atoms with Crippen LogP contribution in [0.3, 0.4) is 0 Å². The molecular formula is C25H24FNO7S. The number of thiophene rings is 1. The number of benzene rings is 1. The molecule has 2 aromatic rings. The number of ether oxygens (including phenoxy) is 2. The van der Waals surface area contributed by atoms with E-state index in [0.29, 0.717) is 25.6 Å². The zero-order valence-corrected chi connectivity index (χ0v) is 19.7. The lowest BCUT2D eigenvalue weighted by Gasteiger charge is -2.34. The van der Waals surface area contributed by atoms with Crippen LogP contribution in [0.4, 0.5) is 4.39 Å². The number of hydrogen-bond donors (Lipinski definition) is 2. The Labute approximate surface area is 204 Å². The van der Waals surface area contributed by atoms with Gasteiger partial charge in [0.1, 0.15) is 11.9 Å². The van der Waals surface area contributed by atoms with E-state index in [1.165, 1.54) is 12.1 Å². The molecule has 35 heavy (non-hydrogen) atoms. The Bertz CT molecular complexity index is 1230. The van der Waals surface area contributed by atoms with Gasteiger partial charge in [-0.25, -0.2) is 14.0 Å².